The zero-order valence-corrected chi connectivity index (χ0v) is 19.1. The van der Waals surface area contributed by atoms with E-state index in [9.17, 15) is 9.59 Å². The smallest absolute Gasteiger partial charge is 0.251 e. The van der Waals surface area contributed by atoms with E-state index in [4.69, 9.17) is 11.6 Å². The highest BCUT2D eigenvalue weighted by molar-refractivity contribution is 6.30. The van der Waals surface area contributed by atoms with Crippen LogP contribution < -0.4 is 16.0 Å². The summed E-state index contributed by atoms with van der Waals surface area (Å²) in [6, 6.07) is 25.4. The van der Waals surface area contributed by atoms with Crippen LogP contribution >= 0.6 is 11.6 Å². The second-order valence-electron chi connectivity index (χ2n) is 7.50. The maximum absolute atomic E-state index is 12.3. The van der Waals surface area contributed by atoms with Crippen LogP contribution in [0.25, 0.3) is 11.3 Å². The monoisotopic (exact) mass is 471 g/mol. The zero-order valence-electron chi connectivity index (χ0n) is 18.4. The SMILES string of the molecule is Cc1nc(Nc2cccc(NC(=O)CNC(=O)c3ccc(Cl)cc3)c2)cc(-c2ccccc2)n1. The molecular weight excluding hydrogens is 450 g/mol. The molecule has 0 atom stereocenters. The molecule has 0 aliphatic carbocycles. The summed E-state index contributed by atoms with van der Waals surface area (Å²) in [5.74, 6) is 0.592. The third-order valence-electron chi connectivity index (χ3n) is 4.84. The minimum Gasteiger partial charge on any atom is -0.343 e. The number of nitrogens with one attached hydrogen (secondary N) is 3. The van der Waals surface area contributed by atoms with E-state index in [2.05, 4.69) is 25.9 Å². The van der Waals surface area contributed by atoms with Crippen molar-refractivity contribution in [2.45, 2.75) is 6.92 Å². The molecule has 7 nitrogen and oxygen atoms in total. The van der Waals surface area contributed by atoms with Gasteiger partial charge >= 0.3 is 0 Å². The van der Waals surface area contributed by atoms with Crippen LogP contribution in [0.15, 0.2) is 84.9 Å². The van der Waals surface area contributed by atoms with Crippen LogP contribution in [-0.2, 0) is 4.79 Å². The fraction of sp³-hybridized carbons (Fsp3) is 0.0769. The summed E-state index contributed by atoms with van der Waals surface area (Å²) in [5, 5.41) is 9.18. The van der Waals surface area contributed by atoms with Gasteiger partial charge in [0.25, 0.3) is 5.91 Å². The molecule has 0 fully saturated rings. The molecule has 0 saturated heterocycles. The first-order chi connectivity index (χ1) is 16.5. The molecule has 3 N–H and O–H groups in total. The number of aryl methyl sites for hydroxylation is 1. The molecule has 0 unspecified atom stereocenters. The summed E-state index contributed by atoms with van der Waals surface area (Å²) in [6.07, 6.45) is 0. The molecule has 0 saturated carbocycles. The lowest BCUT2D eigenvalue weighted by Crippen LogP contribution is -2.32. The van der Waals surface area contributed by atoms with Crippen molar-refractivity contribution >= 4 is 40.6 Å². The fourth-order valence-electron chi connectivity index (χ4n) is 3.28. The summed E-state index contributed by atoms with van der Waals surface area (Å²) in [4.78, 5) is 33.5. The van der Waals surface area contributed by atoms with Crippen LogP contribution in [0.1, 0.15) is 16.2 Å². The van der Waals surface area contributed by atoms with Crippen molar-refractivity contribution in [3.8, 4) is 11.3 Å². The molecule has 0 aliphatic heterocycles. The second-order valence-corrected chi connectivity index (χ2v) is 7.93. The fourth-order valence-corrected chi connectivity index (χ4v) is 3.41. The number of benzene rings is 3. The lowest BCUT2D eigenvalue weighted by molar-refractivity contribution is -0.115. The molecule has 0 bridgehead atoms. The van der Waals surface area contributed by atoms with E-state index in [1.165, 1.54) is 0 Å². The molecule has 0 aliphatic rings. The van der Waals surface area contributed by atoms with Gasteiger partial charge in [-0.3, -0.25) is 9.59 Å². The number of hydrogen-bond donors (Lipinski definition) is 3. The normalized spacial score (nSPS) is 10.4. The number of rotatable bonds is 7. The second kappa shape index (κ2) is 10.6. The Morgan fingerprint density at radius 2 is 1.59 bits per heavy atom. The quantitative estimate of drug-likeness (QED) is 0.343. The predicted octanol–water partition coefficient (Wildman–Crippen LogP) is 5.22. The van der Waals surface area contributed by atoms with Crippen molar-refractivity contribution in [1.82, 2.24) is 15.3 Å². The number of nitrogens with zero attached hydrogens (tertiary/aromatic N) is 2. The Morgan fingerprint density at radius 3 is 2.35 bits per heavy atom. The number of carbonyl (C=O) groups is 2. The first-order valence-electron chi connectivity index (χ1n) is 10.6. The van der Waals surface area contributed by atoms with Crippen LogP contribution in [0.5, 0.6) is 0 Å². The van der Waals surface area contributed by atoms with E-state index in [-0.39, 0.29) is 18.4 Å². The van der Waals surface area contributed by atoms with Gasteiger partial charge in [-0.1, -0.05) is 48.0 Å². The Balaban J connectivity index is 1.38. The first-order valence-corrected chi connectivity index (χ1v) is 11.0. The van der Waals surface area contributed by atoms with E-state index < -0.39 is 0 Å². The van der Waals surface area contributed by atoms with Crippen LogP contribution in [0.4, 0.5) is 17.2 Å². The average Bonchev–Trinajstić information content (AvgIpc) is 2.83. The number of anilines is 3. The zero-order chi connectivity index (χ0) is 23.9. The molecule has 8 heteroatoms. The summed E-state index contributed by atoms with van der Waals surface area (Å²) < 4.78 is 0. The summed E-state index contributed by atoms with van der Waals surface area (Å²) in [7, 11) is 0. The third kappa shape index (κ3) is 6.17. The Bertz CT molecular complexity index is 1310. The molecule has 0 spiro atoms. The average molecular weight is 472 g/mol. The molecule has 3 aromatic carbocycles. The van der Waals surface area contributed by atoms with Crippen LogP contribution in [0.2, 0.25) is 5.02 Å². The van der Waals surface area contributed by atoms with Gasteiger partial charge in [0.15, 0.2) is 0 Å². The standard InChI is InChI=1S/C26H22ClN5O2/c1-17-29-23(18-6-3-2-4-7-18)15-24(30-17)31-21-8-5-9-22(14-21)32-25(33)16-28-26(34)19-10-12-20(27)13-11-19/h2-15H,16H2,1H3,(H,28,34)(H,32,33)(H,29,30,31). The minimum atomic E-state index is -0.351. The van der Waals surface area contributed by atoms with Crippen molar-refractivity contribution in [3.63, 3.8) is 0 Å². The molecule has 2 amide bonds. The minimum absolute atomic E-state index is 0.162. The van der Waals surface area contributed by atoms with E-state index in [0.717, 1.165) is 16.9 Å². The van der Waals surface area contributed by atoms with Crippen molar-refractivity contribution in [2.24, 2.45) is 0 Å². The van der Waals surface area contributed by atoms with Gasteiger partial charge in [-0.25, -0.2) is 9.97 Å². The molecule has 170 valence electrons. The van der Waals surface area contributed by atoms with E-state index in [1.807, 2.05) is 55.5 Å². The molecule has 34 heavy (non-hydrogen) atoms. The molecule has 4 aromatic rings. The third-order valence-corrected chi connectivity index (χ3v) is 5.09. The molecular formula is C26H22ClN5O2. The maximum atomic E-state index is 12.3. The van der Waals surface area contributed by atoms with Gasteiger partial charge in [0.05, 0.1) is 12.2 Å². The van der Waals surface area contributed by atoms with E-state index in [1.54, 1.807) is 36.4 Å². The highest BCUT2D eigenvalue weighted by atomic mass is 35.5. The first kappa shape index (κ1) is 22.9. The van der Waals surface area contributed by atoms with Gasteiger partial charge in [-0.05, 0) is 49.4 Å². The lowest BCUT2D eigenvalue weighted by Gasteiger charge is -2.11. The molecule has 4 rings (SSSR count). The van der Waals surface area contributed by atoms with Crippen LogP contribution in [0, 0.1) is 6.92 Å². The topological polar surface area (TPSA) is 96.0 Å². The van der Waals surface area contributed by atoms with Gasteiger partial charge < -0.3 is 16.0 Å². The Hall–Kier alpha value is -4.23. The summed E-state index contributed by atoms with van der Waals surface area (Å²) >= 11 is 5.83. The Labute approximate surface area is 202 Å². The van der Waals surface area contributed by atoms with Gasteiger partial charge in [0.2, 0.25) is 5.91 Å². The summed E-state index contributed by atoms with van der Waals surface area (Å²) in [6.45, 7) is 1.68. The predicted molar refractivity (Wildman–Crippen MR) is 134 cm³/mol. The highest BCUT2D eigenvalue weighted by Crippen LogP contribution is 2.23. The number of hydrogen-bond acceptors (Lipinski definition) is 5. The molecule has 1 aromatic heterocycles. The van der Waals surface area contributed by atoms with Crippen LogP contribution in [0.3, 0.4) is 0 Å². The molecule has 0 radical (unpaired) electrons. The number of halogens is 1. The van der Waals surface area contributed by atoms with Gasteiger partial charge in [-0.2, -0.15) is 0 Å². The van der Waals surface area contributed by atoms with E-state index in [0.29, 0.717) is 27.9 Å². The van der Waals surface area contributed by atoms with Crippen molar-refractivity contribution in [1.29, 1.82) is 0 Å². The lowest BCUT2D eigenvalue weighted by atomic mass is 10.1. The largest absolute Gasteiger partial charge is 0.343 e. The number of amides is 2. The number of carbonyl (C=O) groups excluding carboxylic acids is 2. The van der Waals surface area contributed by atoms with Crippen molar-refractivity contribution in [2.75, 3.05) is 17.2 Å². The molecule has 1 heterocycles. The Morgan fingerprint density at radius 1 is 0.853 bits per heavy atom. The Kier molecular flexibility index (Phi) is 7.15. The van der Waals surface area contributed by atoms with Crippen molar-refractivity contribution < 1.29 is 9.59 Å². The van der Waals surface area contributed by atoms with Crippen molar-refractivity contribution in [3.05, 3.63) is 101 Å². The maximum Gasteiger partial charge on any atom is 0.251 e. The van der Waals surface area contributed by atoms with Crippen LogP contribution in [-0.4, -0.2) is 28.3 Å². The summed E-state index contributed by atoms with van der Waals surface area (Å²) in [5.41, 5.74) is 3.58. The van der Waals surface area contributed by atoms with Gasteiger partial charge in [-0.15, -0.1) is 0 Å². The van der Waals surface area contributed by atoms with E-state index >= 15 is 0 Å². The van der Waals surface area contributed by atoms with Gasteiger partial charge in [0.1, 0.15) is 11.6 Å². The highest BCUT2D eigenvalue weighted by Gasteiger charge is 2.09. The number of aromatic nitrogens is 2. The van der Waals surface area contributed by atoms with Gasteiger partial charge in [0, 0.05) is 33.6 Å².